The minimum Gasteiger partial charge on any atom is -0.375 e. The zero-order chi connectivity index (χ0) is 18.3. The Bertz CT molecular complexity index is 755. The van der Waals surface area contributed by atoms with E-state index < -0.39 is 5.54 Å². The maximum absolute atomic E-state index is 12.2. The van der Waals surface area contributed by atoms with Crippen LogP contribution >= 0.6 is 11.8 Å². The molecule has 0 saturated heterocycles. The number of carbonyl (C=O) groups is 1. The van der Waals surface area contributed by atoms with Gasteiger partial charge in [-0.25, -0.2) is 0 Å². The first-order chi connectivity index (χ1) is 11.9. The van der Waals surface area contributed by atoms with Crippen LogP contribution < -0.4 is 10.6 Å². The zero-order valence-corrected chi connectivity index (χ0v) is 15.6. The largest absolute Gasteiger partial charge is 0.375 e. The number of nitriles is 1. The van der Waals surface area contributed by atoms with Crippen molar-refractivity contribution in [1.29, 1.82) is 5.26 Å². The number of carbonyl (C=O) groups excluding carboxylic acids is 1. The van der Waals surface area contributed by atoms with Crippen molar-refractivity contribution < 1.29 is 4.79 Å². The number of amides is 1. The number of anilines is 1. The van der Waals surface area contributed by atoms with Crippen molar-refractivity contribution >= 4 is 23.4 Å². The molecule has 0 aliphatic rings. The van der Waals surface area contributed by atoms with Crippen LogP contribution in [-0.4, -0.2) is 18.0 Å². The van der Waals surface area contributed by atoms with Crippen LogP contribution in [-0.2, 0) is 4.79 Å². The Morgan fingerprint density at radius 1 is 1.16 bits per heavy atom. The fourth-order valence-electron chi connectivity index (χ4n) is 2.13. The lowest BCUT2D eigenvalue weighted by molar-refractivity contribution is -0.121. The van der Waals surface area contributed by atoms with E-state index in [-0.39, 0.29) is 18.4 Å². The van der Waals surface area contributed by atoms with E-state index >= 15 is 0 Å². The summed E-state index contributed by atoms with van der Waals surface area (Å²) in [5, 5.41) is 15.3. The number of benzene rings is 2. The van der Waals surface area contributed by atoms with Crippen LogP contribution in [0.4, 0.5) is 5.69 Å². The summed E-state index contributed by atoms with van der Waals surface area (Å²) in [5.74, 6) is -0.167. The van der Waals surface area contributed by atoms with Crippen LogP contribution in [0.2, 0.25) is 0 Å². The first-order valence-corrected chi connectivity index (χ1v) is 9.04. The van der Waals surface area contributed by atoms with Crippen molar-refractivity contribution in [1.82, 2.24) is 5.32 Å². The molecule has 0 saturated carbocycles. The van der Waals surface area contributed by atoms with Gasteiger partial charge in [0.25, 0.3) is 0 Å². The van der Waals surface area contributed by atoms with E-state index in [4.69, 9.17) is 0 Å². The molecule has 0 fully saturated rings. The third-order valence-corrected chi connectivity index (χ3v) is 5.17. The Morgan fingerprint density at radius 2 is 1.80 bits per heavy atom. The lowest BCUT2D eigenvalue weighted by Gasteiger charge is -2.27. The number of nitrogens with one attached hydrogen (secondary N) is 2. The lowest BCUT2D eigenvalue weighted by Crippen LogP contribution is -2.50. The van der Waals surface area contributed by atoms with Gasteiger partial charge in [-0.05, 0) is 37.1 Å². The smallest absolute Gasteiger partial charge is 0.240 e. The third-order valence-electron chi connectivity index (χ3n) is 4.08. The van der Waals surface area contributed by atoms with E-state index in [1.165, 1.54) is 0 Å². The van der Waals surface area contributed by atoms with Gasteiger partial charge in [0.2, 0.25) is 5.91 Å². The Balaban J connectivity index is 2.02. The molecule has 2 aromatic rings. The summed E-state index contributed by atoms with van der Waals surface area (Å²) >= 11 is 1.64. The van der Waals surface area contributed by atoms with Crippen molar-refractivity contribution in [2.75, 3.05) is 11.9 Å². The van der Waals surface area contributed by atoms with Crippen LogP contribution in [0.3, 0.4) is 0 Å². The summed E-state index contributed by atoms with van der Waals surface area (Å²) < 4.78 is 0. The molecule has 0 bridgehead atoms. The number of hydrogen-bond acceptors (Lipinski definition) is 4. The molecule has 1 unspecified atom stereocenters. The molecule has 0 aliphatic heterocycles. The minimum absolute atomic E-state index is 0.0300. The maximum Gasteiger partial charge on any atom is 0.240 e. The van der Waals surface area contributed by atoms with Crippen LogP contribution in [0.25, 0.3) is 0 Å². The van der Waals surface area contributed by atoms with Gasteiger partial charge in [0.05, 0.1) is 12.6 Å². The molecule has 0 spiro atoms. The second-order valence-corrected chi connectivity index (χ2v) is 7.40. The Labute approximate surface area is 153 Å². The van der Waals surface area contributed by atoms with Gasteiger partial charge in [-0.3, -0.25) is 4.79 Å². The van der Waals surface area contributed by atoms with Gasteiger partial charge in [-0.15, -0.1) is 0 Å². The number of para-hydroxylation sites is 1. The van der Waals surface area contributed by atoms with E-state index in [1.54, 1.807) is 18.7 Å². The quantitative estimate of drug-likeness (QED) is 0.779. The Hall–Kier alpha value is -2.45. The van der Waals surface area contributed by atoms with Crippen LogP contribution in [0.1, 0.15) is 20.8 Å². The SMILES string of the molecule is CC(C)C(C)(C#N)NC(=O)CNc1ccccc1Sc1ccccc1. The van der Waals surface area contributed by atoms with E-state index in [9.17, 15) is 10.1 Å². The molecule has 130 valence electrons. The van der Waals surface area contributed by atoms with E-state index in [0.717, 1.165) is 15.5 Å². The molecule has 0 heterocycles. The zero-order valence-electron chi connectivity index (χ0n) is 14.7. The van der Waals surface area contributed by atoms with Gasteiger partial charge in [-0.1, -0.05) is 55.9 Å². The van der Waals surface area contributed by atoms with Crippen LogP contribution in [0.5, 0.6) is 0 Å². The summed E-state index contributed by atoms with van der Waals surface area (Å²) in [7, 11) is 0. The summed E-state index contributed by atoms with van der Waals surface area (Å²) in [4.78, 5) is 14.4. The van der Waals surface area contributed by atoms with Gasteiger partial charge >= 0.3 is 0 Å². The molecule has 5 heteroatoms. The van der Waals surface area contributed by atoms with Gasteiger partial charge in [0.15, 0.2) is 0 Å². The number of nitrogens with zero attached hydrogens (tertiary/aromatic N) is 1. The van der Waals surface area contributed by atoms with E-state index in [2.05, 4.69) is 28.8 Å². The van der Waals surface area contributed by atoms with Crippen molar-refractivity contribution in [3.63, 3.8) is 0 Å². The standard InChI is InChI=1S/C20H23N3OS/c1-15(2)20(3,14-21)23-19(24)13-22-17-11-7-8-12-18(17)25-16-9-5-4-6-10-16/h4-12,15,22H,13H2,1-3H3,(H,23,24). The van der Waals surface area contributed by atoms with E-state index in [1.807, 2.05) is 56.3 Å². The van der Waals surface area contributed by atoms with E-state index in [0.29, 0.717) is 0 Å². The molecule has 2 rings (SSSR count). The number of hydrogen-bond donors (Lipinski definition) is 2. The molecular formula is C20H23N3OS. The normalized spacial score (nSPS) is 12.9. The average molecular weight is 353 g/mol. The molecule has 25 heavy (non-hydrogen) atoms. The van der Waals surface area contributed by atoms with Crippen molar-refractivity contribution in [2.45, 2.75) is 36.1 Å². The minimum atomic E-state index is -0.864. The predicted molar refractivity (Wildman–Crippen MR) is 102 cm³/mol. The first kappa shape index (κ1) is 18.9. The Kier molecular flexibility index (Phi) is 6.49. The molecular weight excluding hydrogens is 330 g/mol. The van der Waals surface area contributed by atoms with Crippen molar-refractivity contribution in [2.24, 2.45) is 5.92 Å². The first-order valence-electron chi connectivity index (χ1n) is 8.22. The fourth-order valence-corrected chi connectivity index (χ4v) is 3.07. The second-order valence-electron chi connectivity index (χ2n) is 6.28. The maximum atomic E-state index is 12.2. The van der Waals surface area contributed by atoms with Gasteiger partial charge < -0.3 is 10.6 Å². The summed E-state index contributed by atoms with van der Waals surface area (Å²) in [6.45, 7) is 5.70. The van der Waals surface area contributed by atoms with Crippen LogP contribution in [0, 0.1) is 17.2 Å². The topological polar surface area (TPSA) is 64.9 Å². The molecule has 2 aromatic carbocycles. The molecule has 0 radical (unpaired) electrons. The average Bonchev–Trinajstić information content (AvgIpc) is 2.61. The highest BCUT2D eigenvalue weighted by atomic mass is 32.2. The summed E-state index contributed by atoms with van der Waals surface area (Å²) in [6, 6.07) is 20.2. The van der Waals surface area contributed by atoms with Gasteiger partial charge in [-0.2, -0.15) is 5.26 Å². The third kappa shape index (κ3) is 5.27. The predicted octanol–water partition coefficient (Wildman–Crippen LogP) is 4.30. The molecule has 2 N–H and O–H groups in total. The Morgan fingerprint density at radius 3 is 2.44 bits per heavy atom. The summed E-state index contributed by atoms with van der Waals surface area (Å²) in [5.41, 5.74) is 0.0339. The highest BCUT2D eigenvalue weighted by Crippen LogP contribution is 2.33. The van der Waals surface area contributed by atoms with Crippen LogP contribution in [0.15, 0.2) is 64.4 Å². The molecule has 1 amide bonds. The lowest BCUT2D eigenvalue weighted by atomic mass is 9.90. The highest BCUT2D eigenvalue weighted by Gasteiger charge is 2.29. The highest BCUT2D eigenvalue weighted by molar-refractivity contribution is 7.99. The second kappa shape index (κ2) is 8.59. The molecule has 0 aliphatic carbocycles. The van der Waals surface area contributed by atoms with Crippen molar-refractivity contribution in [3.05, 3.63) is 54.6 Å². The number of rotatable bonds is 7. The van der Waals surface area contributed by atoms with Gasteiger partial charge in [0.1, 0.15) is 5.54 Å². The molecule has 0 aromatic heterocycles. The van der Waals surface area contributed by atoms with Gasteiger partial charge in [0, 0.05) is 15.5 Å². The molecule has 4 nitrogen and oxygen atoms in total. The monoisotopic (exact) mass is 353 g/mol. The summed E-state index contributed by atoms with van der Waals surface area (Å²) in [6.07, 6.45) is 0. The fraction of sp³-hybridized carbons (Fsp3) is 0.300. The molecule has 1 atom stereocenters. The van der Waals surface area contributed by atoms with Crippen molar-refractivity contribution in [3.8, 4) is 6.07 Å².